The monoisotopic (exact) mass is 338 g/mol. The van der Waals surface area contributed by atoms with Crippen LogP contribution in [0.25, 0.3) is 11.4 Å². The van der Waals surface area contributed by atoms with Crippen molar-refractivity contribution in [3.8, 4) is 17.1 Å². The maximum atomic E-state index is 5.82. The highest BCUT2D eigenvalue weighted by Gasteiger charge is 2.14. The summed E-state index contributed by atoms with van der Waals surface area (Å²) in [7, 11) is 3.52. The van der Waals surface area contributed by atoms with Gasteiger partial charge in [-0.3, -0.25) is 4.68 Å². The van der Waals surface area contributed by atoms with Crippen LogP contribution in [-0.4, -0.2) is 41.1 Å². The highest BCUT2D eigenvalue weighted by atomic mass is 35.5. The van der Waals surface area contributed by atoms with Crippen molar-refractivity contribution in [2.45, 2.75) is 25.5 Å². The standard InChI is InChI=1S/C16H22N4O2.ClH/c1-20-15(11-21-2)18-16(19-20)12-5-7-14(8-6-12)22-10-13-4-3-9-17-13;/h5-8,13,17H,3-4,9-11H2,1-2H3;1H. The van der Waals surface area contributed by atoms with E-state index >= 15 is 0 Å². The van der Waals surface area contributed by atoms with E-state index in [9.17, 15) is 0 Å². The van der Waals surface area contributed by atoms with Crippen molar-refractivity contribution in [2.24, 2.45) is 7.05 Å². The van der Waals surface area contributed by atoms with Crippen LogP contribution in [0.1, 0.15) is 18.7 Å². The number of rotatable bonds is 6. The summed E-state index contributed by atoms with van der Waals surface area (Å²) in [6.07, 6.45) is 2.43. The van der Waals surface area contributed by atoms with Gasteiger partial charge >= 0.3 is 0 Å². The molecule has 1 fully saturated rings. The fraction of sp³-hybridized carbons (Fsp3) is 0.500. The van der Waals surface area contributed by atoms with E-state index in [-0.39, 0.29) is 12.4 Å². The lowest BCUT2D eigenvalue weighted by molar-refractivity contribution is 0.174. The molecule has 126 valence electrons. The smallest absolute Gasteiger partial charge is 0.181 e. The van der Waals surface area contributed by atoms with E-state index in [2.05, 4.69) is 15.4 Å². The Balaban J connectivity index is 0.00000192. The molecule has 1 atom stereocenters. The number of nitrogens with one attached hydrogen (secondary N) is 1. The molecule has 1 aromatic carbocycles. The number of ether oxygens (including phenoxy) is 2. The van der Waals surface area contributed by atoms with E-state index in [4.69, 9.17) is 9.47 Å². The lowest BCUT2D eigenvalue weighted by atomic mass is 10.2. The second kappa shape index (κ2) is 8.29. The first kappa shape index (κ1) is 17.7. The summed E-state index contributed by atoms with van der Waals surface area (Å²) in [5, 5.41) is 7.84. The predicted octanol–water partition coefficient (Wildman–Crippen LogP) is 2.18. The number of aromatic nitrogens is 3. The molecule has 2 aromatic rings. The average molecular weight is 339 g/mol. The van der Waals surface area contributed by atoms with Crippen molar-refractivity contribution in [1.29, 1.82) is 0 Å². The fourth-order valence-electron chi connectivity index (χ4n) is 2.59. The Hall–Kier alpha value is -1.63. The molecular weight excluding hydrogens is 316 g/mol. The SMILES string of the molecule is COCc1nc(-c2ccc(OCC3CCCN3)cc2)nn1C.Cl. The van der Waals surface area contributed by atoms with Crippen LogP contribution in [0.15, 0.2) is 24.3 Å². The lowest BCUT2D eigenvalue weighted by Gasteiger charge is -2.12. The molecule has 0 spiro atoms. The van der Waals surface area contributed by atoms with Crippen molar-refractivity contribution in [2.75, 3.05) is 20.3 Å². The molecule has 0 bridgehead atoms. The van der Waals surface area contributed by atoms with Gasteiger partial charge in [-0.15, -0.1) is 12.4 Å². The number of benzene rings is 1. The summed E-state index contributed by atoms with van der Waals surface area (Å²) >= 11 is 0. The predicted molar refractivity (Wildman–Crippen MR) is 90.9 cm³/mol. The second-order valence-corrected chi connectivity index (χ2v) is 5.54. The van der Waals surface area contributed by atoms with Crippen molar-refractivity contribution in [1.82, 2.24) is 20.1 Å². The molecule has 1 aliphatic heterocycles. The first-order valence-corrected chi connectivity index (χ1v) is 7.62. The third-order valence-electron chi connectivity index (χ3n) is 3.85. The van der Waals surface area contributed by atoms with Gasteiger partial charge in [0.05, 0.1) is 0 Å². The van der Waals surface area contributed by atoms with Gasteiger partial charge in [-0.05, 0) is 43.7 Å². The normalized spacial score (nSPS) is 17.0. The van der Waals surface area contributed by atoms with E-state index in [0.29, 0.717) is 18.5 Å². The van der Waals surface area contributed by atoms with Crippen molar-refractivity contribution in [3.05, 3.63) is 30.1 Å². The number of nitrogens with zero attached hydrogens (tertiary/aromatic N) is 3. The Morgan fingerprint density at radius 2 is 2.09 bits per heavy atom. The van der Waals surface area contributed by atoms with Gasteiger partial charge in [0.2, 0.25) is 0 Å². The third-order valence-corrected chi connectivity index (χ3v) is 3.85. The molecule has 0 amide bonds. The Morgan fingerprint density at radius 3 is 2.74 bits per heavy atom. The van der Waals surface area contributed by atoms with Gasteiger partial charge in [0, 0.05) is 25.8 Å². The number of hydrogen-bond acceptors (Lipinski definition) is 5. The molecule has 3 rings (SSSR count). The maximum absolute atomic E-state index is 5.82. The highest BCUT2D eigenvalue weighted by molar-refractivity contribution is 5.85. The van der Waals surface area contributed by atoms with Gasteiger partial charge in [-0.1, -0.05) is 0 Å². The van der Waals surface area contributed by atoms with E-state index in [1.165, 1.54) is 12.8 Å². The van der Waals surface area contributed by atoms with Crippen LogP contribution in [0.3, 0.4) is 0 Å². The highest BCUT2D eigenvalue weighted by Crippen LogP contribution is 2.20. The van der Waals surface area contributed by atoms with Crippen LogP contribution < -0.4 is 10.1 Å². The number of aryl methyl sites for hydroxylation is 1. The third kappa shape index (κ3) is 4.43. The molecule has 1 unspecified atom stereocenters. The average Bonchev–Trinajstić information content (AvgIpc) is 3.17. The van der Waals surface area contributed by atoms with Crippen molar-refractivity contribution in [3.63, 3.8) is 0 Å². The molecule has 2 heterocycles. The summed E-state index contributed by atoms with van der Waals surface area (Å²) in [6.45, 7) is 2.28. The molecule has 1 N–H and O–H groups in total. The zero-order chi connectivity index (χ0) is 15.4. The van der Waals surface area contributed by atoms with Crippen LogP contribution in [0.5, 0.6) is 5.75 Å². The van der Waals surface area contributed by atoms with E-state index < -0.39 is 0 Å². The van der Waals surface area contributed by atoms with Crippen LogP contribution in [-0.2, 0) is 18.4 Å². The molecule has 0 radical (unpaired) electrons. The van der Waals surface area contributed by atoms with Crippen LogP contribution >= 0.6 is 12.4 Å². The van der Waals surface area contributed by atoms with E-state index in [1.54, 1.807) is 11.8 Å². The summed E-state index contributed by atoms with van der Waals surface area (Å²) in [5.41, 5.74) is 0.976. The number of hydrogen-bond donors (Lipinski definition) is 1. The summed E-state index contributed by atoms with van der Waals surface area (Å²) < 4.78 is 12.7. The van der Waals surface area contributed by atoms with Crippen molar-refractivity contribution >= 4 is 12.4 Å². The Morgan fingerprint density at radius 1 is 1.30 bits per heavy atom. The minimum absolute atomic E-state index is 0. The van der Waals surface area contributed by atoms with Crippen LogP contribution in [0.2, 0.25) is 0 Å². The van der Waals surface area contributed by atoms with Crippen LogP contribution in [0.4, 0.5) is 0 Å². The summed E-state index contributed by atoms with van der Waals surface area (Å²) in [5.74, 6) is 2.40. The molecule has 6 nitrogen and oxygen atoms in total. The van der Waals surface area contributed by atoms with E-state index in [0.717, 1.165) is 30.3 Å². The minimum atomic E-state index is 0. The molecular formula is C16H23ClN4O2. The number of halogens is 1. The first-order valence-electron chi connectivity index (χ1n) is 7.62. The van der Waals surface area contributed by atoms with Gasteiger partial charge in [0.25, 0.3) is 0 Å². The maximum Gasteiger partial charge on any atom is 0.181 e. The van der Waals surface area contributed by atoms with Gasteiger partial charge < -0.3 is 14.8 Å². The molecule has 0 saturated carbocycles. The van der Waals surface area contributed by atoms with Gasteiger partial charge in [-0.25, -0.2) is 4.98 Å². The largest absolute Gasteiger partial charge is 0.492 e. The Bertz CT molecular complexity index is 609. The summed E-state index contributed by atoms with van der Waals surface area (Å²) in [6, 6.07) is 8.40. The molecule has 1 aromatic heterocycles. The lowest BCUT2D eigenvalue weighted by Crippen LogP contribution is -2.28. The molecule has 7 heteroatoms. The van der Waals surface area contributed by atoms with Crippen LogP contribution in [0, 0.1) is 0 Å². The van der Waals surface area contributed by atoms with E-state index in [1.807, 2.05) is 31.3 Å². The molecule has 0 aliphatic carbocycles. The fourth-order valence-corrected chi connectivity index (χ4v) is 2.59. The molecule has 1 aliphatic rings. The second-order valence-electron chi connectivity index (χ2n) is 5.54. The topological polar surface area (TPSA) is 61.2 Å². The zero-order valence-corrected chi connectivity index (χ0v) is 14.3. The minimum Gasteiger partial charge on any atom is -0.492 e. The molecule has 23 heavy (non-hydrogen) atoms. The quantitative estimate of drug-likeness (QED) is 0.874. The summed E-state index contributed by atoms with van der Waals surface area (Å²) in [4.78, 5) is 4.48. The Kier molecular flexibility index (Phi) is 6.38. The van der Waals surface area contributed by atoms with Gasteiger partial charge in [0.1, 0.15) is 19.0 Å². The van der Waals surface area contributed by atoms with Gasteiger partial charge in [-0.2, -0.15) is 5.10 Å². The number of methoxy groups -OCH3 is 1. The first-order chi connectivity index (χ1) is 10.8. The zero-order valence-electron chi connectivity index (χ0n) is 13.5. The van der Waals surface area contributed by atoms with Gasteiger partial charge in [0.15, 0.2) is 11.6 Å². The Labute approximate surface area is 142 Å². The molecule has 1 saturated heterocycles. The van der Waals surface area contributed by atoms with Crippen molar-refractivity contribution < 1.29 is 9.47 Å².